The molecule has 20 heavy (non-hydrogen) atoms. The van der Waals surface area contributed by atoms with Crippen LogP contribution >= 0.6 is 0 Å². The number of rotatable bonds is 6. The van der Waals surface area contributed by atoms with Crippen LogP contribution in [0.3, 0.4) is 0 Å². The maximum absolute atomic E-state index is 12.3. The van der Waals surface area contributed by atoms with Gasteiger partial charge in [-0.25, -0.2) is 13.1 Å². The number of aromatic nitrogens is 1. The second-order valence-electron chi connectivity index (χ2n) is 4.73. The number of hydrogen-bond acceptors (Lipinski definition) is 3. The van der Waals surface area contributed by atoms with Gasteiger partial charge in [0.2, 0.25) is 10.0 Å². The molecule has 2 N–H and O–H groups in total. The minimum Gasteiger partial charge on any atom is -0.361 e. The maximum atomic E-state index is 12.3. The molecule has 0 bridgehead atoms. The fourth-order valence-electron chi connectivity index (χ4n) is 1.80. The summed E-state index contributed by atoms with van der Waals surface area (Å²) in [5.41, 5.74) is 0.203. The van der Waals surface area contributed by atoms with Crippen LogP contribution in [0.2, 0.25) is 2.82 Å². The number of nitrogens with one attached hydrogen (secondary N) is 2. The topological polar surface area (TPSA) is 65.2 Å². The van der Waals surface area contributed by atoms with Crippen LogP contribution in [0.25, 0.3) is 10.9 Å². The number of likely N-dealkylation sites (N-methyl/N-ethyl adjacent to an activating group) is 1. The van der Waals surface area contributed by atoms with Gasteiger partial charge in [0.25, 0.3) is 0 Å². The molecule has 0 unspecified atom stereocenters. The zero-order valence-corrected chi connectivity index (χ0v) is 12.1. The fourth-order valence-corrected chi connectivity index (χ4v) is 2.37. The van der Waals surface area contributed by atoms with E-state index in [4.69, 9.17) is 11.0 Å². The first-order valence-corrected chi connectivity index (χ1v) is 7.58. The number of hydrogen-bond donors (Lipinski definition) is 2. The predicted octanol–water partition coefficient (Wildman–Crippen LogP) is 1.32. The Morgan fingerprint density at radius 1 is 1.55 bits per heavy atom. The molecule has 0 radical (unpaired) electrons. The Kier molecular flexibility index (Phi) is 2.26. The number of aromatic amines is 1. The summed E-state index contributed by atoms with van der Waals surface area (Å²) in [5, 5.41) is 0.188. The van der Waals surface area contributed by atoms with Crippen molar-refractivity contribution in [3.05, 3.63) is 35.5 Å². The second kappa shape index (κ2) is 5.95. The van der Waals surface area contributed by atoms with Gasteiger partial charge in [-0.15, -0.1) is 0 Å². The molecule has 0 saturated heterocycles. The molecule has 0 atom stereocenters. The Balaban J connectivity index is 2.66. The minimum atomic E-state index is -4.68. The van der Waals surface area contributed by atoms with Crippen LogP contribution in [-0.2, 0) is 22.2 Å². The first kappa shape index (κ1) is 7.59. The van der Waals surface area contributed by atoms with Crippen molar-refractivity contribution in [2.75, 3.05) is 27.6 Å². The highest BCUT2D eigenvalue weighted by atomic mass is 32.2. The number of benzene rings is 1. The Morgan fingerprint density at radius 2 is 2.35 bits per heavy atom. The molecule has 6 heteroatoms. The Morgan fingerprint density at radius 3 is 3.05 bits per heavy atom. The van der Waals surface area contributed by atoms with Gasteiger partial charge in [0.05, 0.1) is 9.87 Å². The van der Waals surface area contributed by atoms with Crippen LogP contribution < -0.4 is 4.72 Å². The van der Waals surface area contributed by atoms with Gasteiger partial charge >= 0.3 is 0 Å². The average molecular weight is 303 g/mol. The zero-order valence-electron chi connectivity index (χ0n) is 19.3. The molecule has 0 aliphatic heterocycles. The summed E-state index contributed by atoms with van der Waals surface area (Å²) in [7, 11) is -0.996. The molecule has 1 aromatic carbocycles. The van der Waals surface area contributed by atoms with Gasteiger partial charge in [0.1, 0.15) is 1.41 Å². The molecule has 5 nitrogen and oxygen atoms in total. The average Bonchev–Trinajstić information content (AvgIpc) is 2.90. The first-order chi connectivity index (χ1) is 12.7. The Labute approximate surface area is 131 Å². The molecule has 2 rings (SSSR count). The lowest BCUT2D eigenvalue weighted by atomic mass is 10.1. The summed E-state index contributed by atoms with van der Waals surface area (Å²) < 4.78 is 85.4. The molecule has 110 valence electrons. The van der Waals surface area contributed by atoms with Crippen LogP contribution in [0.5, 0.6) is 0 Å². The normalized spacial score (nSPS) is 19.0. The summed E-state index contributed by atoms with van der Waals surface area (Å²) in [6.07, 6.45) is 1.85. The van der Waals surface area contributed by atoms with Gasteiger partial charge in [0.15, 0.2) is 1.41 Å². The van der Waals surface area contributed by atoms with Crippen LogP contribution in [-0.4, -0.2) is 45.9 Å². The van der Waals surface area contributed by atoms with E-state index in [1.54, 1.807) is 0 Å². The zero-order chi connectivity index (χ0) is 21.6. The van der Waals surface area contributed by atoms with Crippen LogP contribution in [0.15, 0.2) is 24.3 Å². The van der Waals surface area contributed by atoms with Crippen molar-refractivity contribution in [1.29, 1.82) is 0 Å². The van der Waals surface area contributed by atoms with Gasteiger partial charge < -0.3 is 9.88 Å². The highest BCUT2D eigenvalue weighted by Crippen LogP contribution is 2.21. The van der Waals surface area contributed by atoms with Gasteiger partial charge in [-0.3, -0.25) is 0 Å². The fraction of sp³-hybridized carbons (Fsp3) is 0.429. The monoisotopic (exact) mass is 303 g/mol. The largest absolute Gasteiger partial charge is 0.361 e. The van der Waals surface area contributed by atoms with E-state index in [1.807, 2.05) is 19.0 Å². The molecular formula is C14H21N3O2S. The van der Waals surface area contributed by atoms with Crippen molar-refractivity contribution in [1.82, 2.24) is 14.6 Å². The van der Waals surface area contributed by atoms with E-state index >= 15 is 0 Å². The van der Waals surface area contributed by atoms with E-state index in [-0.39, 0.29) is 22.5 Å². The Bertz CT molecular complexity index is 1000. The van der Waals surface area contributed by atoms with Gasteiger partial charge in [-0.05, 0) is 50.7 Å². The molecule has 0 fully saturated rings. The van der Waals surface area contributed by atoms with E-state index in [0.717, 1.165) is 4.98 Å². The first-order valence-electron chi connectivity index (χ1n) is 9.86. The van der Waals surface area contributed by atoms with Crippen molar-refractivity contribution >= 4 is 20.9 Å². The third kappa shape index (κ3) is 3.59. The Hall–Kier alpha value is -1.37. The molecule has 0 amide bonds. The summed E-state index contributed by atoms with van der Waals surface area (Å²) in [4.78, 5) is 2.77. The lowest BCUT2D eigenvalue weighted by Gasteiger charge is -2.08. The molecule has 0 aliphatic rings. The van der Waals surface area contributed by atoms with Crippen molar-refractivity contribution in [3.63, 3.8) is 0 Å². The standard InChI is InChI=1S/C14H21N3O2S/c1-15-20(18,19)10-11-4-5-14-13(8-11)12(9-16-14)6-7-17(2)3/h4-5,8-9,15-16H,6-7,10H2,1-3H3/i1D3,4D,5D,8D/hD2. The molecule has 0 saturated carbocycles. The van der Waals surface area contributed by atoms with Crippen molar-refractivity contribution in [3.8, 4) is 0 Å². The van der Waals surface area contributed by atoms with Gasteiger partial charge in [-0.1, -0.05) is 6.04 Å². The number of fused-ring (bicyclic) bond motifs is 1. The minimum absolute atomic E-state index is 0.0171. The summed E-state index contributed by atoms with van der Waals surface area (Å²) in [6, 6.07) is -1.35. The van der Waals surface area contributed by atoms with Crippen LogP contribution in [0, 0.1) is 0 Å². The quantitative estimate of drug-likeness (QED) is 0.846. The molecule has 1 heterocycles. The van der Waals surface area contributed by atoms with Crippen LogP contribution in [0.1, 0.15) is 19.4 Å². The maximum Gasteiger partial charge on any atom is 0.215 e. The molecule has 0 spiro atoms. The summed E-state index contributed by atoms with van der Waals surface area (Å²) in [6.45, 7) is -2.64. The number of nitrogens with zero attached hydrogens (tertiary/aromatic N) is 1. The lowest BCUT2D eigenvalue weighted by Crippen LogP contribution is -2.20. The van der Waals surface area contributed by atoms with E-state index in [0.29, 0.717) is 18.5 Å². The van der Waals surface area contributed by atoms with Crippen LogP contribution in [0.4, 0.5) is 0 Å². The smallest absolute Gasteiger partial charge is 0.215 e. The van der Waals surface area contributed by atoms with Crippen molar-refractivity contribution in [2.24, 2.45) is 0 Å². The van der Waals surface area contributed by atoms with E-state index in [9.17, 15) is 8.42 Å². The van der Waals surface area contributed by atoms with Crippen molar-refractivity contribution in [2.45, 2.75) is 12.2 Å². The highest BCUT2D eigenvalue weighted by Gasteiger charge is 2.11. The van der Waals surface area contributed by atoms with E-state index in [2.05, 4.69) is 0 Å². The molecular weight excluding hydrogens is 274 g/mol. The van der Waals surface area contributed by atoms with Crippen molar-refractivity contribution < 1.29 is 19.5 Å². The van der Waals surface area contributed by atoms with Gasteiger partial charge in [-0.2, -0.15) is 0 Å². The third-order valence-electron chi connectivity index (χ3n) is 2.81. The number of sulfonamides is 1. The summed E-state index contributed by atoms with van der Waals surface area (Å²) in [5.74, 6) is -1.06. The molecule has 2 aromatic rings. The third-order valence-corrected chi connectivity index (χ3v) is 3.74. The predicted molar refractivity (Wildman–Crippen MR) is 82.2 cm³/mol. The second-order valence-corrected chi connectivity index (χ2v) is 6.37. The van der Waals surface area contributed by atoms with E-state index in [1.165, 1.54) is 6.20 Å². The molecule has 0 aliphatic carbocycles. The molecule has 1 aromatic heterocycles. The van der Waals surface area contributed by atoms with Gasteiger partial charge in [0, 0.05) is 27.8 Å². The lowest BCUT2D eigenvalue weighted by molar-refractivity contribution is 0.414. The summed E-state index contributed by atoms with van der Waals surface area (Å²) >= 11 is 0. The van der Waals surface area contributed by atoms with E-state index < -0.39 is 39.6 Å². The number of H-pyrrole nitrogens is 1. The highest BCUT2D eigenvalue weighted by molar-refractivity contribution is 7.88. The SMILES string of the molecule is [2H]c1c(CS(=O)(=O)N([2H])C([2H])([2H])[2H])c([2H])c2c(CCN(C)C)cn([2H])c2c1[2H].